The summed E-state index contributed by atoms with van der Waals surface area (Å²) in [4.78, 5) is 27.0. The fraction of sp³-hybridized carbons (Fsp3) is 0.444. The predicted octanol–water partition coefficient (Wildman–Crippen LogP) is 4.84. The van der Waals surface area contributed by atoms with E-state index >= 15 is 0 Å². The Kier molecular flexibility index (Phi) is 12.6. The molecular weight excluding hydrogens is 584 g/mol. The average molecular weight is 631 g/mol. The van der Waals surface area contributed by atoms with Crippen molar-refractivity contribution in [3.05, 3.63) is 95.1 Å². The van der Waals surface area contributed by atoms with E-state index in [-0.39, 0.29) is 30.6 Å². The Balaban J connectivity index is 1.07. The number of unbranched alkanes of at least 4 members (excludes halogenated alkanes) is 2. The van der Waals surface area contributed by atoms with Crippen LogP contribution in [-0.4, -0.2) is 60.8 Å². The van der Waals surface area contributed by atoms with Gasteiger partial charge in [-0.05, 0) is 41.7 Å². The lowest BCUT2D eigenvalue weighted by molar-refractivity contribution is -0.253. The second kappa shape index (κ2) is 17.2. The molecule has 0 aromatic heterocycles. The van der Waals surface area contributed by atoms with E-state index in [1.807, 2.05) is 60.7 Å². The van der Waals surface area contributed by atoms with E-state index in [2.05, 4.69) is 15.5 Å². The summed E-state index contributed by atoms with van der Waals surface area (Å²) in [6, 6.07) is 23.1. The van der Waals surface area contributed by atoms with Gasteiger partial charge in [-0.3, -0.25) is 14.5 Å². The number of nitrogen functional groups attached to an aromatic ring is 1. The van der Waals surface area contributed by atoms with Crippen molar-refractivity contribution in [2.24, 2.45) is 0 Å². The van der Waals surface area contributed by atoms with Crippen molar-refractivity contribution < 1.29 is 28.9 Å². The summed E-state index contributed by atoms with van der Waals surface area (Å²) in [6.45, 7) is 4.52. The van der Waals surface area contributed by atoms with E-state index in [1.165, 1.54) is 0 Å². The summed E-state index contributed by atoms with van der Waals surface area (Å²) < 4.78 is 18.5. The molecule has 2 aliphatic heterocycles. The number of carbonyl (C=O) groups is 2. The van der Waals surface area contributed by atoms with Crippen LogP contribution >= 0.6 is 0 Å². The van der Waals surface area contributed by atoms with Gasteiger partial charge >= 0.3 is 0 Å². The van der Waals surface area contributed by atoms with Crippen LogP contribution in [0, 0.1) is 0 Å². The second-order valence-electron chi connectivity index (χ2n) is 12.0. The summed E-state index contributed by atoms with van der Waals surface area (Å²) >= 11 is 0. The van der Waals surface area contributed by atoms with Gasteiger partial charge in [0.05, 0.1) is 43.4 Å². The highest BCUT2D eigenvalue weighted by Gasteiger charge is 2.33. The van der Waals surface area contributed by atoms with Crippen molar-refractivity contribution in [3.8, 4) is 0 Å². The molecule has 2 saturated heterocycles. The van der Waals surface area contributed by atoms with Crippen LogP contribution < -0.4 is 16.4 Å². The van der Waals surface area contributed by atoms with Crippen LogP contribution in [0.3, 0.4) is 0 Å². The molecule has 0 unspecified atom stereocenters. The Labute approximate surface area is 271 Å². The normalized spacial score (nSPS) is 20.2. The maximum atomic E-state index is 12.4. The quantitative estimate of drug-likeness (QED) is 0.147. The van der Waals surface area contributed by atoms with Crippen LogP contribution in [0.2, 0.25) is 0 Å². The van der Waals surface area contributed by atoms with E-state index < -0.39 is 6.29 Å². The highest BCUT2D eigenvalue weighted by molar-refractivity contribution is 5.93. The topological polar surface area (TPSA) is 135 Å². The van der Waals surface area contributed by atoms with Gasteiger partial charge in [0.25, 0.3) is 0 Å². The molecule has 0 radical (unpaired) electrons. The number of morpholine rings is 1. The van der Waals surface area contributed by atoms with Crippen molar-refractivity contribution in [1.82, 2.24) is 10.2 Å². The molecule has 10 heteroatoms. The van der Waals surface area contributed by atoms with Crippen LogP contribution in [0.5, 0.6) is 0 Å². The Morgan fingerprint density at radius 3 is 2.22 bits per heavy atom. The summed E-state index contributed by atoms with van der Waals surface area (Å²) in [7, 11) is 0. The first-order valence-electron chi connectivity index (χ1n) is 16.3. The zero-order valence-corrected chi connectivity index (χ0v) is 26.4. The van der Waals surface area contributed by atoms with E-state index in [4.69, 9.17) is 19.9 Å². The molecular formula is C36H46N4O6. The monoisotopic (exact) mass is 630 g/mol. The zero-order chi connectivity index (χ0) is 32.1. The molecule has 46 heavy (non-hydrogen) atoms. The number of nitrogens with two attached hydrogens (primary N) is 1. The Hall–Kier alpha value is -3.80. The van der Waals surface area contributed by atoms with Crippen LogP contribution in [0.15, 0.2) is 72.8 Å². The standard InChI is InChI=1S/C36H46N4O6/c37-31-6-4-5-7-32(31)39-35(43)9-3-1-2-8-34(42)38-23-26-10-16-29(17-11-26)36-45-30(24-40-18-20-44-21-19-40)22-33(46-36)28-14-12-27(25-41)13-15-28/h4-7,10-17,30,33,36,41H,1-3,8-9,18-25,37H2,(H,38,42)(H,39,43)/t30-,33+,36+/m1/s1. The van der Waals surface area contributed by atoms with Gasteiger partial charge in [-0.25, -0.2) is 0 Å². The molecule has 5 N–H and O–H groups in total. The molecule has 246 valence electrons. The number of hydrogen-bond acceptors (Lipinski definition) is 8. The first-order valence-corrected chi connectivity index (χ1v) is 16.3. The fourth-order valence-electron chi connectivity index (χ4n) is 5.76. The Morgan fingerprint density at radius 1 is 0.826 bits per heavy atom. The number of nitrogens with one attached hydrogen (secondary N) is 2. The minimum atomic E-state index is -0.516. The third-order valence-electron chi connectivity index (χ3n) is 8.46. The fourth-order valence-corrected chi connectivity index (χ4v) is 5.76. The van der Waals surface area contributed by atoms with Gasteiger partial charge in [0.2, 0.25) is 11.8 Å². The third kappa shape index (κ3) is 10.1. The van der Waals surface area contributed by atoms with Gasteiger partial charge in [-0.1, -0.05) is 67.1 Å². The molecule has 2 amide bonds. The smallest absolute Gasteiger partial charge is 0.224 e. The molecule has 5 rings (SSSR count). The number of rotatable bonds is 14. The lowest BCUT2D eigenvalue weighted by atomic mass is 9.99. The molecule has 2 aliphatic rings. The van der Waals surface area contributed by atoms with Crippen LogP contribution in [0.25, 0.3) is 0 Å². The summed E-state index contributed by atoms with van der Waals surface area (Å²) in [5, 5.41) is 15.3. The first kappa shape index (κ1) is 33.6. The highest BCUT2D eigenvalue weighted by atomic mass is 16.7. The Morgan fingerprint density at radius 2 is 1.50 bits per heavy atom. The van der Waals surface area contributed by atoms with Gasteiger partial charge in [0.1, 0.15) is 0 Å². The molecule has 0 spiro atoms. The molecule has 0 aliphatic carbocycles. The van der Waals surface area contributed by atoms with Crippen molar-refractivity contribution in [2.45, 2.75) is 70.2 Å². The minimum Gasteiger partial charge on any atom is -0.397 e. The summed E-state index contributed by atoms with van der Waals surface area (Å²) in [5.74, 6) is -0.0831. The van der Waals surface area contributed by atoms with Crippen molar-refractivity contribution in [2.75, 3.05) is 43.9 Å². The zero-order valence-electron chi connectivity index (χ0n) is 26.4. The number of benzene rings is 3. The van der Waals surface area contributed by atoms with Crippen LogP contribution in [-0.2, 0) is 37.0 Å². The van der Waals surface area contributed by atoms with Gasteiger partial charge in [0.15, 0.2) is 6.29 Å². The number of aliphatic hydroxyl groups is 1. The van der Waals surface area contributed by atoms with Crippen molar-refractivity contribution in [1.29, 1.82) is 0 Å². The predicted molar refractivity (Wildman–Crippen MR) is 177 cm³/mol. The minimum absolute atomic E-state index is 0.00428. The van der Waals surface area contributed by atoms with Crippen LogP contribution in [0.1, 0.15) is 73.2 Å². The van der Waals surface area contributed by atoms with E-state index in [9.17, 15) is 14.7 Å². The number of ether oxygens (including phenoxy) is 3. The molecule has 10 nitrogen and oxygen atoms in total. The maximum Gasteiger partial charge on any atom is 0.224 e. The lowest BCUT2D eigenvalue weighted by Crippen LogP contribution is -2.44. The molecule has 2 heterocycles. The van der Waals surface area contributed by atoms with Gasteiger partial charge in [-0.15, -0.1) is 0 Å². The molecule has 0 bridgehead atoms. The molecule has 3 atom stereocenters. The van der Waals surface area contributed by atoms with Gasteiger partial charge in [0, 0.05) is 51.0 Å². The number of anilines is 2. The summed E-state index contributed by atoms with van der Waals surface area (Å²) in [6.07, 6.45) is 3.12. The SMILES string of the molecule is Nc1ccccc1NC(=O)CCCCCC(=O)NCc1ccc([C@H]2O[C@@H](CN3CCOCC3)C[C@@H](c3ccc(CO)cc3)O2)cc1. The molecule has 0 saturated carbocycles. The van der Waals surface area contributed by atoms with E-state index in [1.54, 1.807) is 12.1 Å². The third-order valence-corrected chi connectivity index (χ3v) is 8.46. The van der Waals surface area contributed by atoms with Gasteiger partial charge < -0.3 is 35.7 Å². The number of carbonyl (C=O) groups excluding carboxylic acids is 2. The lowest BCUT2D eigenvalue weighted by Gasteiger charge is -2.39. The number of amides is 2. The molecule has 3 aromatic carbocycles. The number of para-hydroxylation sites is 2. The number of nitrogens with zero attached hydrogens (tertiary/aromatic N) is 1. The molecule has 3 aromatic rings. The Bertz CT molecular complexity index is 1390. The highest BCUT2D eigenvalue weighted by Crippen LogP contribution is 2.38. The maximum absolute atomic E-state index is 12.4. The second-order valence-corrected chi connectivity index (χ2v) is 12.0. The van der Waals surface area contributed by atoms with Gasteiger partial charge in [-0.2, -0.15) is 0 Å². The average Bonchev–Trinajstić information content (AvgIpc) is 3.09. The van der Waals surface area contributed by atoms with Crippen LogP contribution in [0.4, 0.5) is 11.4 Å². The number of aliphatic hydroxyl groups excluding tert-OH is 1. The number of hydrogen-bond donors (Lipinski definition) is 4. The largest absolute Gasteiger partial charge is 0.397 e. The molecule has 2 fully saturated rings. The van der Waals surface area contributed by atoms with Crippen molar-refractivity contribution in [3.63, 3.8) is 0 Å². The van der Waals surface area contributed by atoms with Crippen molar-refractivity contribution >= 4 is 23.2 Å². The van der Waals surface area contributed by atoms with E-state index in [0.29, 0.717) is 37.2 Å². The van der Waals surface area contributed by atoms with E-state index in [0.717, 1.165) is 74.4 Å². The summed E-state index contributed by atoms with van der Waals surface area (Å²) in [5.41, 5.74) is 10.9. The first-order chi connectivity index (χ1) is 22.5.